The van der Waals surface area contributed by atoms with E-state index in [9.17, 15) is 18.0 Å². The molecule has 22 heavy (non-hydrogen) atoms. The van der Waals surface area contributed by atoms with Crippen LogP contribution in [-0.2, 0) is 12.7 Å². The third-order valence-corrected chi connectivity index (χ3v) is 3.90. The number of nitrogens with one attached hydrogen (secondary N) is 1. The van der Waals surface area contributed by atoms with Crippen molar-refractivity contribution in [1.82, 2.24) is 10.2 Å². The van der Waals surface area contributed by atoms with Gasteiger partial charge in [-0.15, -0.1) is 0 Å². The molecule has 8 heteroatoms. The summed E-state index contributed by atoms with van der Waals surface area (Å²) in [5.41, 5.74) is 4.93. The molecule has 0 unspecified atom stereocenters. The summed E-state index contributed by atoms with van der Waals surface area (Å²) in [6.45, 7) is 1.40. The van der Waals surface area contributed by atoms with Crippen LogP contribution in [0.4, 0.5) is 18.0 Å². The number of nitrogens with two attached hydrogens (primary N) is 1. The Hall–Kier alpha value is -1.47. The molecule has 2 rings (SSSR count). The van der Waals surface area contributed by atoms with E-state index in [0.717, 1.165) is 25.0 Å². The van der Waals surface area contributed by atoms with Crippen molar-refractivity contribution in [1.29, 1.82) is 0 Å². The van der Waals surface area contributed by atoms with E-state index in [1.807, 2.05) is 0 Å². The van der Waals surface area contributed by atoms with Gasteiger partial charge in [0, 0.05) is 30.7 Å². The lowest BCUT2D eigenvalue weighted by Gasteiger charge is -2.31. The number of benzene rings is 1. The Morgan fingerprint density at radius 2 is 1.95 bits per heavy atom. The Bertz CT molecular complexity index is 543. The van der Waals surface area contributed by atoms with Crippen LogP contribution in [0.3, 0.4) is 0 Å². The summed E-state index contributed by atoms with van der Waals surface area (Å²) in [5.74, 6) is 0. The summed E-state index contributed by atoms with van der Waals surface area (Å²) in [5, 5.41) is 3.26. The third kappa shape index (κ3) is 4.51. The van der Waals surface area contributed by atoms with Crippen LogP contribution in [-0.4, -0.2) is 30.1 Å². The molecule has 0 saturated carbocycles. The van der Waals surface area contributed by atoms with Gasteiger partial charge in [-0.3, -0.25) is 0 Å². The molecule has 0 aromatic heterocycles. The zero-order valence-corrected chi connectivity index (χ0v) is 12.5. The van der Waals surface area contributed by atoms with Crippen LogP contribution >= 0.6 is 11.6 Å². The Morgan fingerprint density at radius 3 is 2.50 bits per heavy atom. The molecule has 0 radical (unpaired) electrons. The fourth-order valence-electron chi connectivity index (χ4n) is 2.48. The van der Waals surface area contributed by atoms with Crippen molar-refractivity contribution in [2.24, 2.45) is 5.73 Å². The number of primary amides is 1. The summed E-state index contributed by atoms with van der Waals surface area (Å²) >= 11 is 5.75. The molecule has 1 aliphatic rings. The molecule has 1 aliphatic heterocycles. The summed E-state index contributed by atoms with van der Waals surface area (Å²) in [4.78, 5) is 12.6. The Kier molecular flexibility index (Phi) is 5.18. The predicted molar refractivity (Wildman–Crippen MR) is 77.5 cm³/mol. The number of nitrogens with zero attached hydrogens (tertiary/aromatic N) is 1. The molecular weight excluding hydrogens is 319 g/mol. The molecule has 1 aromatic carbocycles. The number of amides is 2. The minimum Gasteiger partial charge on any atom is -0.351 e. The van der Waals surface area contributed by atoms with Crippen molar-refractivity contribution < 1.29 is 18.0 Å². The molecule has 1 heterocycles. The lowest BCUT2D eigenvalue weighted by molar-refractivity contribution is -0.137. The van der Waals surface area contributed by atoms with E-state index in [0.29, 0.717) is 25.2 Å². The maximum atomic E-state index is 12.7. The molecule has 1 fully saturated rings. The molecule has 3 N–H and O–H groups in total. The fraction of sp³-hybridized carbons (Fsp3) is 0.500. The highest BCUT2D eigenvalue weighted by Gasteiger charge is 2.31. The number of urea groups is 1. The lowest BCUT2D eigenvalue weighted by Crippen LogP contribution is -2.46. The lowest BCUT2D eigenvalue weighted by atomic mass is 10.0. The molecule has 122 valence electrons. The summed E-state index contributed by atoms with van der Waals surface area (Å²) in [7, 11) is 0. The molecule has 0 spiro atoms. The van der Waals surface area contributed by atoms with Crippen molar-refractivity contribution in [3.63, 3.8) is 0 Å². The van der Waals surface area contributed by atoms with Crippen LogP contribution < -0.4 is 11.1 Å². The number of rotatable bonds is 3. The highest BCUT2D eigenvalue weighted by atomic mass is 35.5. The van der Waals surface area contributed by atoms with Gasteiger partial charge in [0.15, 0.2) is 0 Å². The Labute approximate surface area is 131 Å². The summed E-state index contributed by atoms with van der Waals surface area (Å²) in [6.07, 6.45) is -2.97. The van der Waals surface area contributed by atoms with E-state index in [2.05, 4.69) is 5.32 Å². The van der Waals surface area contributed by atoms with Crippen molar-refractivity contribution in [3.8, 4) is 0 Å². The van der Waals surface area contributed by atoms with Gasteiger partial charge < -0.3 is 16.0 Å². The standard InChI is InChI=1S/C14H17ClF3N3O/c15-11-6-9(5-10(7-11)14(16,17)18)8-20-12-1-3-21(4-2-12)13(19)22/h5-7,12,20H,1-4,8H2,(H2,19,22). The first-order valence-electron chi connectivity index (χ1n) is 6.90. The van der Waals surface area contributed by atoms with E-state index >= 15 is 0 Å². The van der Waals surface area contributed by atoms with Gasteiger partial charge in [0.2, 0.25) is 0 Å². The van der Waals surface area contributed by atoms with Gasteiger partial charge in [-0.2, -0.15) is 13.2 Å². The Balaban J connectivity index is 1.92. The van der Waals surface area contributed by atoms with Crippen LogP contribution in [0.15, 0.2) is 18.2 Å². The van der Waals surface area contributed by atoms with Gasteiger partial charge in [0.05, 0.1) is 5.56 Å². The number of carbonyl (C=O) groups is 1. The van der Waals surface area contributed by atoms with Gasteiger partial charge in [-0.05, 0) is 36.6 Å². The fourth-order valence-corrected chi connectivity index (χ4v) is 2.74. The van der Waals surface area contributed by atoms with E-state index in [-0.39, 0.29) is 11.1 Å². The minimum atomic E-state index is -4.41. The van der Waals surface area contributed by atoms with Gasteiger partial charge >= 0.3 is 12.2 Å². The van der Waals surface area contributed by atoms with Crippen molar-refractivity contribution >= 4 is 17.6 Å². The molecule has 0 aliphatic carbocycles. The first kappa shape index (κ1) is 16.9. The third-order valence-electron chi connectivity index (χ3n) is 3.69. The second-order valence-corrected chi connectivity index (χ2v) is 5.76. The highest BCUT2D eigenvalue weighted by Crippen LogP contribution is 2.31. The van der Waals surface area contributed by atoms with Crippen LogP contribution in [0, 0.1) is 0 Å². The first-order chi connectivity index (χ1) is 10.3. The zero-order valence-electron chi connectivity index (χ0n) is 11.8. The molecule has 1 aromatic rings. The highest BCUT2D eigenvalue weighted by molar-refractivity contribution is 6.30. The second kappa shape index (κ2) is 6.75. The van der Waals surface area contributed by atoms with Crippen LogP contribution in [0.1, 0.15) is 24.0 Å². The molecule has 4 nitrogen and oxygen atoms in total. The molecule has 0 atom stereocenters. The number of alkyl halides is 3. The summed E-state index contributed by atoms with van der Waals surface area (Å²) < 4.78 is 38.2. The monoisotopic (exact) mass is 335 g/mol. The maximum Gasteiger partial charge on any atom is 0.416 e. The number of hydrogen-bond acceptors (Lipinski definition) is 2. The average molecular weight is 336 g/mol. The second-order valence-electron chi connectivity index (χ2n) is 5.33. The quantitative estimate of drug-likeness (QED) is 0.892. The topological polar surface area (TPSA) is 58.4 Å². The van der Waals surface area contributed by atoms with Crippen molar-refractivity contribution in [3.05, 3.63) is 34.3 Å². The minimum absolute atomic E-state index is 0.0650. The Morgan fingerprint density at radius 1 is 1.32 bits per heavy atom. The van der Waals surface area contributed by atoms with E-state index < -0.39 is 17.8 Å². The van der Waals surface area contributed by atoms with E-state index in [4.69, 9.17) is 17.3 Å². The molecule has 1 saturated heterocycles. The molecule has 2 amide bonds. The summed E-state index contributed by atoms with van der Waals surface area (Å²) in [6, 6.07) is 3.22. The number of halogens is 4. The van der Waals surface area contributed by atoms with Crippen LogP contribution in [0.5, 0.6) is 0 Å². The number of hydrogen-bond donors (Lipinski definition) is 2. The SMILES string of the molecule is NC(=O)N1CCC(NCc2cc(Cl)cc(C(F)(F)F)c2)CC1. The zero-order chi connectivity index (χ0) is 16.3. The number of likely N-dealkylation sites (tertiary alicyclic amines) is 1. The van der Waals surface area contributed by atoms with Crippen molar-refractivity contribution in [2.75, 3.05) is 13.1 Å². The van der Waals surface area contributed by atoms with E-state index in [1.54, 1.807) is 4.90 Å². The van der Waals surface area contributed by atoms with Gasteiger partial charge in [0.1, 0.15) is 0 Å². The number of carbonyl (C=O) groups excluding carboxylic acids is 1. The largest absolute Gasteiger partial charge is 0.416 e. The van der Waals surface area contributed by atoms with Gasteiger partial charge in [0.25, 0.3) is 0 Å². The molecular formula is C14H17ClF3N3O. The normalized spacial score (nSPS) is 16.8. The van der Waals surface area contributed by atoms with E-state index in [1.165, 1.54) is 6.07 Å². The van der Waals surface area contributed by atoms with Crippen LogP contribution in [0.2, 0.25) is 5.02 Å². The average Bonchev–Trinajstić information content (AvgIpc) is 2.44. The number of piperidine rings is 1. The molecule has 0 bridgehead atoms. The van der Waals surface area contributed by atoms with Gasteiger partial charge in [-0.1, -0.05) is 11.6 Å². The maximum absolute atomic E-state index is 12.7. The first-order valence-corrected chi connectivity index (χ1v) is 7.28. The van der Waals surface area contributed by atoms with Crippen molar-refractivity contribution in [2.45, 2.75) is 31.6 Å². The van der Waals surface area contributed by atoms with Crippen LogP contribution in [0.25, 0.3) is 0 Å². The smallest absolute Gasteiger partial charge is 0.351 e. The predicted octanol–water partition coefficient (Wildman–Crippen LogP) is 2.99. The van der Waals surface area contributed by atoms with Gasteiger partial charge in [-0.25, -0.2) is 4.79 Å².